The predicted molar refractivity (Wildman–Crippen MR) is 166 cm³/mol. The van der Waals surface area contributed by atoms with Crippen molar-refractivity contribution in [1.82, 2.24) is 24.6 Å². The molecule has 1 aliphatic heterocycles. The number of nitrogens with one attached hydrogen (secondary N) is 1. The number of nitrogens with two attached hydrogens (primary N) is 1. The van der Waals surface area contributed by atoms with E-state index in [9.17, 15) is 18.8 Å². The minimum absolute atomic E-state index is 0.0768. The molecule has 1 saturated heterocycles. The molecule has 0 spiro atoms. The molecule has 234 valence electrons. The number of alkyl halides is 1. The number of ether oxygens (including phenoxy) is 1. The summed E-state index contributed by atoms with van der Waals surface area (Å²) in [6.45, 7) is -0.760. The van der Waals surface area contributed by atoms with E-state index in [1.165, 1.54) is 23.9 Å². The van der Waals surface area contributed by atoms with Crippen LogP contribution >= 0.6 is 11.6 Å². The van der Waals surface area contributed by atoms with Crippen molar-refractivity contribution < 1.29 is 27.9 Å². The summed E-state index contributed by atoms with van der Waals surface area (Å²) < 4.78 is 36.5. The van der Waals surface area contributed by atoms with Crippen molar-refractivity contribution in [2.45, 2.75) is 25.2 Å². The minimum Gasteiger partial charge on any atom is -0.467 e. The number of carbonyl (C=O) groups is 3. The Morgan fingerprint density at radius 2 is 1.78 bits per heavy atom. The first-order valence-corrected chi connectivity index (χ1v) is 14.5. The van der Waals surface area contributed by atoms with Crippen LogP contribution in [-0.2, 0) is 16.1 Å². The van der Waals surface area contributed by atoms with Gasteiger partial charge >= 0.3 is 6.01 Å². The number of rotatable bonds is 8. The van der Waals surface area contributed by atoms with Gasteiger partial charge in [-0.05, 0) is 29.8 Å². The van der Waals surface area contributed by atoms with E-state index in [1.54, 1.807) is 60.9 Å². The number of anilines is 1. The number of primary amides is 1. The summed E-state index contributed by atoms with van der Waals surface area (Å²) in [5.41, 5.74) is 7.70. The molecule has 0 aliphatic carbocycles. The molecule has 6 rings (SSSR count). The number of hydrogen-bond donors (Lipinski definition) is 2. The van der Waals surface area contributed by atoms with E-state index in [2.05, 4.69) is 20.4 Å². The van der Waals surface area contributed by atoms with Gasteiger partial charge in [0.05, 0.1) is 24.9 Å². The zero-order valence-corrected chi connectivity index (χ0v) is 25.0. The van der Waals surface area contributed by atoms with E-state index < -0.39 is 42.3 Å². The van der Waals surface area contributed by atoms with Gasteiger partial charge in [-0.3, -0.25) is 19.1 Å². The van der Waals surface area contributed by atoms with Crippen LogP contribution in [0.25, 0.3) is 33.2 Å². The molecule has 3 heterocycles. The molecule has 2 unspecified atom stereocenters. The van der Waals surface area contributed by atoms with Gasteiger partial charge in [0.2, 0.25) is 11.8 Å². The first-order chi connectivity index (χ1) is 22.1. The van der Waals surface area contributed by atoms with Crippen LogP contribution in [-0.4, -0.2) is 68.2 Å². The Labute approximate surface area is 265 Å². The summed E-state index contributed by atoms with van der Waals surface area (Å²) in [7, 11) is 1.45. The first-order valence-electron chi connectivity index (χ1n) is 14.1. The number of nitrogens with zero attached hydrogens (tertiary/aromatic N) is 5. The lowest BCUT2D eigenvalue weighted by Crippen LogP contribution is -2.44. The number of benzene rings is 3. The summed E-state index contributed by atoms with van der Waals surface area (Å²) in [5, 5.41) is 7.48. The fourth-order valence-corrected chi connectivity index (χ4v) is 5.73. The van der Waals surface area contributed by atoms with Gasteiger partial charge in [-0.25, -0.2) is 18.7 Å². The van der Waals surface area contributed by atoms with Gasteiger partial charge < -0.3 is 20.7 Å². The highest BCUT2D eigenvalue weighted by atomic mass is 35.5. The Bertz CT molecular complexity index is 1990. The standard InChI is InChI=1S/C32H26ClF2N7O4/c1-46-32-37-13-18(14-38-32)17-9-10-25-22(11-17)29(30(36)44)40-42(25)16-27(43)41-15-19(34)12-26(41)31(45)39-24-8-4-6-21(28(24)35)20-5-2-3-7-23(20)33/h2-11,13-14,19,26H,12,15-16H2,1H3,(H2,36,44)(H,39,45). The highest BCUT2D eigenvalue weighted by Gasteiger charge is 2.40. The van der Waals surface area contributed by atoms with E-state index >= 15 is 4.39 Å². The van der Waals surface area contributed by atoms with Crippen molar-refractivity contribution in [2.24, 2.45) is 5.73 Å². The lowest BCUT2D eigenvalue weighted by atomic mass is 10.0. The number of methoxy groups -OCH3 is 1. The second kappa shape index (κ2) is 12.5. The average molecular weight is 646 g/mol. The van der Waals surface area contributed by atoms with Gasteiger partial charge in [0, 0.05) is 45.9 Å². The van der Waals surface area contributed by atoms with Gasteiger partial charge in [0.1, 0.15) is 18.8 Å². The Morgan fingerprint density at radius 1 is 1.04 bits per heavy atom. The van der Waals surface area contributed by atoms with Crippen molar-refractivity contribution >= 4 is 45.9 Å². The maximum absolute atomic E-state index is 15.5. The first kappa shape index (κ1) is 30.6. The molecule has 2 atom stereocenters. The van der Waals surface area contributed by atoms with Crippen LogP contribution in [0.5, 0.6) is 6.01 Å². The molecule has 46 heavy (non-hydrogen) atoms. The van der Waals surface area contributed by atoms with Gasteiger partial charge in [-0.2, -0.15) is 5.10 Å². The zero-order valence-electron chi connectivity index (χ0n) is 24.3. The van der Waals surface area contributed by atoms with Crippen molar-refractivity contribution in [3.05, 3.63) is 89.6 Å². The molecule has 2 aromatic heterocycles. The third-order valence-corrected chi connectivity index (χ3v) is 8.04. The van der Waals surface area contributed by atoms with Crippen molar-refractivity contribution in [3.63, 3.8) is 0 Å². The smallest absolute Gasteiger partial charge is 0.316 e. The van der Waals surface area contributed by atoms with Crippen molar-refractivity contribution in [1.29, 1.82) is 0 Å². The van der Waals surface area contributed by atoms with Crippen LogP contribution in [0.3, 0.4) is 0 Å². The van der Waals surface area contributed by atoms with Crippen LogP contribution in [0.4, 0.5) is 14.5 Å². The average Bonchev–Trinajstić information content (AvgIpc) is 3.63. The highest BCUT2D eigenvalue weighted by Crippen LogP contribution is 2.33. The molecule has 11 nitrogen and oxygen atoms in total. The summed E-state index contributed by atoms with van der Waals surface area (Å²) in [4.78, 5) is 48.4. The summed E-state index contributed by atoms with van der Waals surface area (Å²) >= 11 is 6.25. The molecular formula is C32H26ClF2N7O4. The van der Waals surface area contributed by atoms with Crippen molar-refractivity contribution in [2.75, 3.05) is 19.0 Å². The van der Waals surface area contributed by atoms with Gasteiger partial charge in [-0.15, -0.1) is 0 Å². The summed E-state index contributed by atoms with van der Waals surface area (Å²) in [6, 6.07) is 15.2. The van der Waals surface area contributed by atoms with E-state index in [-0.39, 0.29) is 35.9 Å². The Balaban J connectivity index is 1.24. The van der Waals surface area contributed by atoms with Crippen LogP contribution in [0, 0.1) is 5.82 Å². The quantitative estimate of drug-likeness (QED) is 0.250. The molecule has 0 bridgehead atoms. The maximum Gasteiger partial charge on any atom is 0.316 e. The fourth-order valence-electron chi connectivity index (χ4n) is 5.49. The molecule has 0 radical (unpaired) electrons. The number of likely N-dealkylation sites (tertiary alicyclic amines) is 1. The number of hydrogen-bond acceptors (Lipinski definition) is 7. The molecule has 3 N–H and O–H groups in total. The summed E-state index contributed by atoms with van der Waals surface area (Å²) in [6.07, 6.45) is 1.35. The Kier molecular flexibility index (Phi) is 8.33. The number of carbonyl (C=O) groups excluding carboxylic acids is 3. The molecule has 1 aliphatic rings. The van der Waals surface area contributed by atoms with Gasteiger partial charge in [0.25, 0.3) is 5.91 Å². The Morgan fingerprint density at radius 3 is 2.50 bits per heavy atom. The molecule has 5 aromatic rings. The SMILES string of the molecule is COc1ncc(-c2ccc3c(c2)c(C(N)=O)nn3CC(=O)N2CC(F)CC2C(=O)Nc2cccc(-c3ccccc3Cl)c2F)cn1. The third kappa shape index (κ3) is 5.84. The van der Waals surface area contributed by atoms with Gasteiger partial charge in [-0.1, -0.05) is 48.0 Å². The topological polar surface area (TPSA) is 145 Å². The third-order valence-electron chi connectivity index (χ3n) is 7.71. The monoisotopic (exact) mass is 645 g/mol. The predicted octanol–water partition coefficient (Wildman–Crippen LogP) is 4.64. The lowest BCUT2D eigenvalue weighted by Gasteiger charge is -2.24. The van der Waals surface area contributed by atoms with E-state index in [0.29, 0.717) is 32.6 Å². The number of aromatic nitrogens is 4. The van der Waals surface area contributed by atoms with E-state index in [1.807, 2.05) is 0 Å². The minimum atomic E-state index is -1.48. The fraction of sp³-hybridized carbons (Fsp3) is 0.188. The van der Waals surface area contributed by atoms with Crippen LogP contribution in [0.2, 0.25) is 5.02 Å². The molecule has 14 heteroatoms. The molecule has 1 fully saturated rings. The normalized spacial score (nSPS) is 16.0. The zero-order chi connectivity index (χ0) is 32.5. The van der Waals surface area contributed by atoms with E-state index in [4.69, 9.17) is 22.1 Å². The summed E-state index contributed by atoms with van der Waals surface area (Å²) in [5.74, 6) is -2.92. The van der Waals surface area contributed by atoms with Crippen LogP contribution < -0.4 is 15.8 Å². The molecule has 0 saturated carbocycles. The largest absolute Gasteiger partial charge is 0.467 e. The second-order valence-electron chi connectivity index (χ2n) is 10.6. The van der Waals surface area contributed by atoms with Crippen LogP contribution in [0.1, 0.15) is 16.9 Å². The maximum atomic E-state index is 15.5. The van der Waals surface area contributed by atoms with Crippen LogP contribution in [0.15, 0.2) is 73.1 Å². The number of fused-ring (bicyclic) bond motifs is 1. The number of amides is 3. The van der Waals surface area contributed by atoms with Gasteiger partial charge in [0.15, 0.2) is 11.5 Å². The second-order valence-corrected chi connectivity index (χ2v) is 11.0. The van der Waals surface area contributed by atoms with E-state index in [0.717, 1.165) is 4.90 Å². The molecular weight excluding hydrogens is 620 g/mol. The van der Waals surface area contributed by atoms with Crippen molar-refractivity contribution in [3.8, 4) is 28.3 Å². The molecule has 3 aromatic carbocycles. The highest BCUT2D eigenvalue weighted by molar-refractivity contribution is 6.33. The lowest BCUT2D eigenvalue weighted by molar-refractivity contribution is -0.137. The number of halogens is 3. The Hall–Kier alpha value is -5.43. The molecule has 3 amide bonds.